The van der Waals surface area contributed by atoms with Gasteiger partial charge < -0.3 is 5.11 Å². The molecule has 0 aromatic heterocycles. The molecule has 1 atom stereocenters. The lowest BCUT2D eigenvalue weighted by Crippen LogP contribution is -2.30. The fourth-order valence-electron chi connectivity index (χ4n) is 1.08. The van der Waals surface area contributed by atoms with Crippen molar-refractivity contribution in [3.05, 3.63) is 11.8 Å². The van der Waals surface area contributed by atoms with E-state index in [9.17, 15) is 4.79 Å². The van der Waals surface area contributed by atoms with Crippen LogP contribution in [0, 0.1) is 0 Å². The molecular formula is C7H5N3O2. The maximum atomic E-state index is 10.6. The van der Waals surface area contributed by atoms with E-state index in [1.54, 1.807) is 6.08 Å². The maximum Gasteiger partial charge on any atom is 0.334 e. The summed E-state index contributed by atoms with van der Waals surface area (Å²) in [5.41, 5.74) is 1.02. The van der Waals surface area contributed by atoms with Gasteiger partial charge in [-0.3, -0.25) is 4.99 Å². The highest BCUT2D eigenvalue weighted by Gasteiger charge is 2.28. The fraction of sp³-hybridized carbons (Fsp3) is 0.143. The number of aliphatic carboxylic acids is 1. The molecule has 0 spiro atoms. The van der Waals surface area contributed by atoms with E-state index >= 15 is 0 Å². The largest absolute Gasteiger partial charge is 0.479 e. The molecule has 0 fully saturated rings. The Morgan fingerprint density at radius 3 is 3.17 bits per heavy atom. The van der Waals surface area contributed by atoms with Gasteiger partial charge in [0.25, 0.3) is 0 Å². The van der Waals surface area contributed by atoms with Crippen LogP contribution in [0.1, 0.15) is 0 Å². The second kappa shape index (κ2) is 2.37. The van der Waals surface area contributed by atoms with Gasteiger partial charge in [-0.05, 0) is 6.08 Å². The highest BCUT2D eigenvalue weighted by atomic mass is 16.4. The minimum Gasteiger partial charge on any atom is -0.479 e. The minimum absolute atomic E-state index is 0.421. The van der Waals surface area contributed by atoms with E-state index in [2.05, 4.69) is 15.0 Å². The lowest BCUT2D eigenvalue weighted by atomic mass is 10.1. The number of fused-ring (bicyclic) bond motifs is 1. The van der Waals surface area contributed by atoms with Crippen LogP contribution in [-0.4, -0.2) is 35.4 Å². The van der Waals surface area contributed by atoms with Crippen LogP contribution < -0.4 is 0 Å². The first-order valence-electron chi connectivity index (χ1n) is 3.36. The summed E-state index contributed by atoms with van der Waals surface area (Å²) in [4.78, 5) is 22.1. The van der Waals surface area contributed by atoms with Crippen molar-refractivity contribution in [2.45, 2.75) is 6.04 Å². The third-order valence-electron chi connectivity index (χ3n) is 1.62. The van der Waals surface area contributed by atoms with E-state index in [1.165, 1.54) is 12.6 Å². The summed E-state index contributed by atoms with van der Waals surface area (Å²) >= 11 is 0. The van der Waals surface area contributed by atoms with Crippen LogP contribution in [0.4, 0.5) is 0 Å². The second-order valence-corrected chi connectivity index (χ2v) is 2.35. The molecule has 2 aliphatic rings. The molecule has 5 nitrogen and oxygen atoms in total. The molecule has 0 aromatic rings. The normalized spacial score (nSPS) is 24.8. The SMILES string of the molecule is O=C(O)[C@@H]1N=CC=C2N=CN=C21. The van der Waals surface area contributed by atoms with Gasteiger partial charge in [-0.2, -0.15) is 0 Å². The molecule has 2 rings (SSSR count). The molecule has 2 heterocycles. The first kappa shape index (κ1) is 6.90. The highest BCUT2D eigenvalue weighted by Crippen LogP contribution is 2.14. The van der Waals surface area contributed by atoms with E-state index < -0.39 is 12.0 Å². The molecule has 1 N–H and O–H groups in total. The Labute approximate surface area is 67.9 Å². The quantitative estimate of drug-likeness (QED) is 0.585. The number of rotatable bonds is 1. The van der Waals surface area contributed by atoms with Crippen LogP contribution in [0.25, 0.3) is 0 Å². The Hall–Kier alpha value is -1.78. The monoisotopic (exact) mass is 163 g/mol. The van der Waals surface area contributed by atoms with Gasteiger partial charge in [0.2, 0.25) is 0 Å². The van der Waals surface area contributed by atoms with Gasteiger partial charge in [0.15, 0.2) is 6.04 Å². The van der Waals surface area contributed by atoms with Crippen molar-refractivity contribution in [3.63, 3.8) is 0 Å². The molecule has 2 aliphatic heterocycles. The van der Waals surface area contributed by atoms with E-state index in [1.807, 2.05) is 0 Å². The molecule has 12 heavy (non-hydrogen) atoms. The van der Waals surface area contributed by atoms with Crippen molar-refractivity contribution in [2.24, 2.45) is 15.0 Å². The highest BCUT2D eigenvalue weighted by molar-refractivity contribution is 6.22. The number of allylic oxidation sites excluding steroid dienone is 1. The van der Waals surface area contributed by atoms with Gasteiger partial charge >= 0.3 is 5.97 Å². The number of carboxylic acids is 1. The lowest BCUT2D eigenvalue weighted by Gasteiger charge is -2.10. The van der Waals surface area contributed by atoms with Gasteiger partial charge in [0.1, 0.15) is 12.1 Å². The number of hydrogen-bond donors (Lipinski definition) is 1. The molecule has 0 aromatic carbocycles. The molecule has 0 radical (unpaired) electrons. The van der Waals surface area contributed by atoms with Gasteiger partial charge in [0.05, 0.1) is 5.70 Å². The van der Waals surface area contributed by atoms with E-state index in [-0.39, 0.29) is 0 Å². The lowest BCUT2D eigenvalue weighted by molar-refractivity contribution is -0.136. The third kappa shape index (κ3) is 0.868. The topological polar surface area (TPSA) is 74.4 Å². The average Bonchev–Trinajstić information content (AvgIpc) is 2.49. The first-order valence-corrected chi connectivity index (χ1v) is 3.36. The number of carbonyl (C=O) groups is 1. The van der Waals surface area contributed by atoms with Gasteiger partial charge in [-0.1, -0.05) is 0 Å². The van der Waals surface area contributed by atoms with Crippen LogP contribution in [0.15, 0.2) is 26.8 Å². The minimum atomic E-state index is -0.999. The number of carboxylic acid groups (broad SMARTS) is 1. The average molecular weight is 163 g/mol. The number of nitrogens with zero attached hydrogens (tertiary/aromatic N) is 3. The summed E-state index contributed by atoms with van der Waals surface area (Å²) in [6.45, 7) is 0. The molecule has 0 saturated carbocycles. The molecule has 5 heteroatoms. The smallest absolute Gasteiger partial charge is 0.334 e. The summed E-state index contributed by atoms with van der Waals surface area (Å²) in [6.07, 6.45) is 4.42. The molecule has 0 saturated heterocycles. The molecule has 0 unspecified atom stereocenters. The van der Waals surface area contributed by atoms with Gasteiger partial charge in [-0.15, -0.1) is 0 Å². The van der Waals surface area contributed by atoms with Crippen molar-refractivity contribution in [1.82, 2.24) is 0 Å². The zero-order valence-corrected chi connectivity index (χ0v) is 6.01. The predicted octanol–water partition coefficient (Wildman–Crippen LogP) is -0.109. The Balaban J connectivity index is 2.39. The number of aliphatic imine (C=N–C) groups is 3. The van der Waals surface area contributed by atoms with Crippen LogP contribution in [0.2, 0.25) is 0 Å². The van der Waals surface area contributed by atoms with E-state index in [0.29, 0.717) is 11.4 Å². The Morgan fingerprint density at radius 2 is 2.42 bits per heavy atom. The summed E-state index contributed by atoms with van der Waals surface area (Å²) < 4.78 is 0. The first-order chi connectivity index (χ1) is 5.79. The molecule has 60 valence electrons. The molecule has 0 aliphatic carbocycles. The summed E-state index contributed by atoms with van der Waals surface area (Å²) in [7, 11) is 0. The Bertz CT molecular complexity index is 352. The van der Waals surface area contributed by atoms with Crippen LogP contribution in [0.3, 0.4) is 0 Å². The van der Waals surface area contributed by atoms with Crippen molar-refractivity contribution in [3.8, 4) is 0 Å². The molecule has 0 bridgehead atoms. The number of dihydropyridines is 1. The molecular weight excluding hydrogens is 158 g/mol. The van der Waals surface area contributed by atoms with Crippen LogP contribution in [-0.2, 0) is 4.79 Å². The van der Waals surface area contributed by atoms with Crippen molar-refractivity contribution >= 4 is 24.2 Å². The predicted molar refractivity (Wildman–Crippen MR) is 43.9 cm³/mol. The summed E-state index contributed by atoms with van der Waals surface area (Å²) in [5.74, 6) is -0.999. The van der Waals surface area contributed by atoms with Crippen LogP contribution >= 0.6 is 0 Å². The Morgan fingerprint density at radius 1 is 1.58 bits per heavy atom. The van der Waals surface area contributed by atoms with Gasteiger partial charge in [-0.25, -0.2) is 14.8 Å². The molecule has 0 amide bonds. The zero-order valence-electron chi connectivity index (χ0n) is 6.01. The Kier molecular flexibility index (Phi) is 1.36. The third-order valence-corrected chi connectivity index (χ3v) is 1.62. The second-order valence-electron chi connectivity index (χ2n) is 2.35. The summed E-state index contributed by atoms with van der Waals surface area (Å²) in [5, 5.41) is 8.71. The zero-order chi connectivity index (χ0) is 8.55. The fourth-order valence-corrected chi connectivity index (χ4v) is 1.08. The van der Waals surface area contributed by atoms with E-state index in [4.69, 9.17) is 5.11 Å². The standard InChI is InChI=1S/C7H5N3O2/c11-7(12)6-5-4(1-2-8-6)9-3-10-5/h1-3,6H,(H,11,12)/t6-/m1/s1. The van der Waals surface area contributed by atoms with Gasteiger partial charge in [0, 0.05) is 6.21 Å². The number of hydrogen-bond acceptors (Lipinski definition) is 4. The summed E-state index contributed by atoms with van der Waals surface area (Å²) in [6, 6.07) is -0.882. The van der Waals surface area contributed by atoms with Crippen molar-refractivity contribution in [1.29, 1.82) is 0 Å². The van der Waals surface area contributed by atoms with Crippen molar-refractivity contribution in [2.75, 3.05) is 0 Å². The van der Waals surface area contributed by atoms with E-state index in [0.717, 1.165) is 0 Å². The maximum absolute atomic E-state index is 10.6. The van der Waals surface area contributed by atoms with Crippen molar-refractivity contribution < 1.29 is 9.90 Å². The van der Waals surface area contributed by atoms with Crippen LogP contribution in [0.5, 0.6) is 0 Å².